The molecule has 3 rings (SSSR count). The van der Waals surface area contributed by atoms with Crippen molar-refractivity contribution in [3.8, 4) is 16.9 Å². The lowest BCUT2D eigenvalue weighted by Gasteiger charge is -2.00. The van der Waals surface area contributed by atoms with Crippen LogP contribution < -0.4 is 4.68 Å². The summed E-state index contributed by atoms with van der Waals surface area (Å²) in [5, 5.41) is 3.98. The smallest absolute Gasteiger partial charge is 0.271 e. The number of hydrogen-bond acceptors (Lipinski definition) is 2. The van der Waals surface area contributed by atoms with E-state index in [1.807, 2.05) is 62.4 Å². The molecule has 0 unspecified atom stereocenters. The summed E-state index contributed by atoms with van der Waals surface area (Å²) < 4.78 is 6.72. The maximum Gasteiger partial charge on any atom is 0.271 e. The van der Waals surface area contributed by atoms with Crippen LogP contribution in [0.2, 0.25) is 0 Å². The molecule has 100 valence electrons. The van der Waals surface area contributed by atoms with E-state index in [4.69, 9.17) is 10.3 Å². The zero-order valence-electron chi connectivity index (χ0n) is 11.4. The summed E-state index contributed by atoms with van der Waals surface area (Å²) in [6, 6.07) is 15.9. The molecule has 0 bridgehead atoms. The molecule has 20 heavy (non-hydrogen) atoms. The SMILES string of the molecule is Cc1ccc(-c2c([NH-])on[n+]2-c2cccc(C)c2)cc1. The van der Waals surface area contributed by atoms with Crippen LogP contribution in [0.15, 0.2) is 53.1 Å². The molecule has 0 atom stereocenters. The van der Waals surface area contributed by atoms with Gasteiger partial charge in [-0.1, -0.05) is 29.8 Å². The lowest BCUT2D eigenvalue weighted by Crippen LogP contribution is -2.34. The van der Waals surface area contributed by atoms with Crippen molar-refractivity contribution in [1.29, 1.82) is 0 Å². The highest BCUT2D eigenvalue weighted by molar-refractivity contribution is 5.67. The van der Waals surface area contributed by atoms with Gasteiger partial charge < -0.3 is 10.3 Å². The number of benzene rings is 2. The predicted molar refractivity (Wildman–Crippen MR) is 76.9 cm³/mol. The summed E-state index contributed by atoms with van der Waals surface area (Å²) in [5.41, 5.74) is 12.7. The third kappa shape index (κ3) is 2.16. The number of hydrogen-bond donors (Lipinski definition) is 0. The molecule has 0 fully saturated rings. The molecule has 0 saturated heterocycles. The summed E-state index contributed by atoms with van der Waals surface area (Å²) in [6.07, 6.45) is 0. The average molecular weight is 265 g/mol. The maximum absolute atomic E-state index is 7.94. The molecule has 0 amide bonds. The molecule has 4 nitrogen and oxygen atoms in total. The fourth-order valence-electron chi connectivity index (χ4n) is 2.16. The first-order valence-electron chi connectivity index (χ1n) is 6.43. The van der Waals surface area contributed by atoms with Crippen LogP contribution in [0, 0.1) is 13.8 Å². The van der Waals surface area contributed by atoms with Crippen LogP contribution in [-0.4, -0.2) is 5.27 Å². The Hall–Kier alpha value is -2.62. The summed E-state index contributed by atoms with van der Waals surface area (Å²) in [4.78, 5) is 0. The minimum Gasteiger partial charge on any atom is -0.660 e. The van der Waals surface area contributed by atoms with Crippen LogP contribution in [0.1, 0.15) is 11.1 Å². The van der Waals surface area contributed by atoms with E-state index in [2.05, 4.69) is 5.27 Å². The second kappa shape index (κ2) is 4.81. The predicted octanol–water partition coefficient (Wildman–Crippen LogP) is 3.92. The Morgan fingerprint density at radius 2 is 1.75 bits per heavy atom. The van der Waals surface area contributed by atoms with Gasteiger partial charge in [0.1, 0.15) is 5.88 Å². The van der Waals surface area contributed by atoms with Crippen LogP contribution >= 0.6 is 0 Å². The molecule has 1 aromatic heterocycles. The van der Waals surface area contributed by atoms with Crippen LogP contribution in [0.4, 0.5) is 5.88 Å². The molecule has 3 aromatic rings. The number of aromatic nitrogens is 2. The molecule has 0 radical (unpaired) electrons. The van der Waals surface area contributed by atoms with E-state index in [9.17, 15) is 0 Å². The van der Waals surface area contributed by atoms with E-state index in [0.29, 0.717) is 5.69 Å². The van der Waals surface area contributed by atoms with Crippen molar-refractivity contribution < 1.29 is 9.20 Å². The molecule has 0 aliphatic rings. The normalized spacial score (nSPS) is 10.7. The van der Waals surface area contributed by atoms with E-state index >= 15 is 0 Å². The molecule has 0 spiro atoms. The Morgan fingerprint density at radius 1 is 1.00 bits per heavy atom. The van der Waals surface area contributed by atoms with Crippen molar-refractivity contribution in [3.63, 3.8) is 0 Å². The summed E-state index contributed by atoms with van der Waals surface area (Å²) in [6.45, 7) is 4.06. The molecule has 1 N–H and O–H groups in total. The minimum atomic E-state index is 0.0651. The van der Waals surface area contributed by atoms with Crippen LogP contribution in [0.3, 0.4) is 0 Å². The van der Waals surface area contributed by atoms with E-state index < -0.39 is 0 Å². The Morgan fingerprint density at radius 3 is 2.45 bits per heavy atom. The van der Waals surface area contributed by atoms with Gasteiger partial charge in [-0.25, -0.2) is 0 Å². The summed E-state index contributed by atoms with van der Waals surface area (Å²) in [5.74, 6) is 0.0651. The maximum atomic E-state index is 7.94. The van der Waals surface area contributed by atoms with Crippen molar-refractivity contribution in [3.05, 3.63) is 65.4 Å². The van der Waals surface area contributed by atoms with Crippen molar-refractivity contribution in [1.82, 2.24) is 5.27 Å². The van der Waals surface area contributed by atoms with Gasteiger partial charge in [0, 0.05) is 12.1 Å². The van der Waals surface area contributed by atoms with Crippen molar-refractivity contribution in [2.24, 2.45) is 0 Å². The van der Waals surface area contributed by atoms with E-state index in [-0.39, 0.29) is 5.88 Å². The fourth-order valence-corrected chi connectivity index (χ4v) is 2.16. The highest BCUT2D eigenvalue weighted by Gasteiger charge is 2.23. The number of nitrogens with zero attached hydrogens (tertiary/aromatic N) is 2. The summed E-state index contributed by atoms with van der Waals surface area (Å²) >= 11 is 0. The number of rotatable bonds is 2. The topological polar surface area (TPSA) is 53.7 Å². The highest BCUT2D eigenvalue weighted by atomic mass is 16.5. The lowest BCUT2D eigenvalue weighted by atomic mass is 10.1. The number of aryl methyl sites for hydroxylation is 2. The second-order valence-corrected chi connectivity index (χ2v) is 4.87. The Kier molecular flexibility index (Phi) is 2.99. The molecular weight excluding hydrogens is 250 g/mol. The largest absolute Gasteiger partial charge is 0.660 e. The molecule has 2 aromatic carbocycles. The third-order valence-electron chi connectivity index (χ3n) is 3.21. The highest BCUT2D eigenvalue weighted by Crippen LogP contribution is 2.27. The summed E-state index contributed by atoms with van der Waals surface area (Å²) in [7, 11) is 0. The van der Waals surface area contributed by atoms with Crippen LogP contribution in [0.25, 0.3) is 22.7 Å². The van der Waals surface area contributed by atoms with Gasteiger partial charge in [0.2, 0.25) is 11.0 Å². The van der Waals surface area contributed by atoms with Gasteiger partial charge in [-0.15, -0.1) is 0 Å². The molecule has 1 heterocycles. The van der Waals surface area contributed by atoms with Gasteiger partial charge in [-0.05, 0) is 36.2 Å². The Balaban J connectivity index is 2.17. The van der Waals surface area contributed by atoms with Crippen molar-refractivity contribution in [2.75, 3.05) is 0 Å². The van der Waals surface area contributed by atoms with Gasteiger partial charge in [0.15, 0.2) is 0 Å². The second-order valence-electron chi connectivity index (χ2n) is 4.87. The van der Waals surface area contributed by atoms with Crippen LogP contribution in [-0.2, 0) is 0 Å². The average Bonchev–Trinajstić information content (AvgIpc) is 2.82. The zero-order valence-corrected chi connectivity index (χ0v) is 11.4. The van der Waals surface area contributed by atoms with E-state index in [1.54, 1.807) is 4.68 Å². The fraction of sp³-hybridized carbons (Fsp3) is 0.125. The molecular formula is C16H15N3O. The first kappa shape index (κ1) is 12.4. The molecule has 4 heteroatoms. The monoisotopic (exact) mass is 265 g/mol. The lowest BCUT2D eigenvalue weighted by molar-refractivity contribution is -0.660. The van der Waals surface area contributed by atoms with Gasteiger partial charge in [-0.3, -0.25) is 0 Å². The minimum absolute atomic E-state index is 0.0651. The van der Waals surface area contributed by atoms with Crippen LogP contribution in [0.5, 0.6) is 0 Å². The van der Waals surface area contributed by atoms with Crippen molar-refractivity contribution >= 4 is 5.88 Å². The van der Waals surface area contributed by atoms with Gasteiger partial charge in [-0.2, -0.15) is 0 Å². The first-order valence-corrected chi connectivity index (χ1v) is 6.43. The van der Waals surface area contributed by atoms with E-state index in [0.717, 1.165) is 16.8 Å². The zero-order chi connectivity index (χ0) is 14.1. The standard InChI is InChI=1S/C16H15N3O/c1-11-6-8-13(9-7-11)15-16(17)20-18-19(15)14-5-3-4-12(2)10-14/h3-10,17H,1-2H3. The van der Waals surface area contributed by atoms with Crippen molar-refractivity contribution in [2.45, 2.75) is 13.8 Å². The Labute approximate surface area is 117 Å². The number of nitrogens with one attached hydrogen (secondary N) is 1. The van der Waals surface area contributed by atoms with Gasteiger partial charge in [0.25, 0.3) is 5.69 Å². The molecule has 0 aliphatic heterocycles. The molecule has 0 aliphatic carbocycles. The van der Waals surface area contributed by atoms with Gasteiger partial charge >= 0.3 is 0 Å². The van der Waals surface area contributed by atoms with Gasteiger partial charge in [0.05, 0.1) is 5.56 Å². The third-order valence-corrected chi connectivity index (χ3v) is 3.21. The van der Waals surface area contributed by atoms with E-state index in [1.165, 1.54) is 5.56 Å². The Bertz CT molecular complexity index is 745. The quantitative estimate of drug-likeness (QED) is 0.659. The first-order chi connectivity index (χ1) is 9.65. The molecule has 0 saturated carbocycles.